The molecule has 1 unspecified atom stereocenters. The van der Waals surface area contributed by atoms with Gasteiger partial charge in [-0.15, -0.1) is 5.48 Å². The van der Waals surface area contributed by atoms with Crippen LogP contribution in [0.5, 0.6) is 0 Å². The molecule has 1 N–H and O–H groups in total. The zero-order chi connectivity index (χ0) is 6.20. The van der Waals surface area contributed by atoms with E-state index in [9.17, 15) is 4.79 Å². The minimum atomic E-state index is -0.828. The van der Waals surface area contributed by atoms with Crippen LogP contribution in [0.25, 0.3) is 0 Å². The Morgan fingerprint density at radius 3 is 2.50 bits per heavy atom. The van der Waals surface area contributed by atoms with Crippen molar-refractivity contribution in [1.29, 1.82) is 0 Å². The highest BCUT2D eigenvalue weighted by atomic mass is 16.9. The summed E-state index contributed by atoms with van der Waals surface area (Å²) in [4.78, 5) is 14.7. The van der Waals surface area contributed by atoms with Gasteiger partial charge in [-0.1, -0.05) is 0 Å². The van der Waals surface area contributed by atoms with Gasteiger partial charge in [0.25, 0.3) is 0 Å². The van der Waals surface area contributed by atoms with E-state index < -0.39 is 5.91 Å². The summed E-state index contributed by atoms with van der Waals surface area (Å²) in [5.74, 6) is -1.18. The minimum absolute atomic E-state index is 0.350. The monoisotopic (exact) mass is 117 g/mol. The van der Waals surface area contributed by atoms with Crippen LogP contribution in [0.4, 0.5) is 0 Å². The van der Waals surface area contributed by atoms with Crippen molar-refractivity contribution < 1.29 is 14.4 Å². The number of carbonyl (C=O) groups excluding carboxylic acids is 1. The lowest BCUT2D eigenvalue weighted by atomic mass is 10.6. The van der Waals surface area contributed by atoms with Gasteiger partial charge in [0.2, 0.25) is 0 Å². The summed E-state index contributed by atoms with van der Waals surface area (Å²) in [5, 5.41) is 0. The predicted octanol–water partition coefficient (Wildman–Crippen LogP) is -0.242. The molecule has 8 heavy (non-hydrogen) atoms. The number of rotatable bonds is 1. The quantitative estimate of drug-likeness (QED) is 0.380. The van der Waals surface area contributed by atoms with Crippen molar-refractivity contribution in [3.63, 3.8) is 0 Å². The first kappa shape index (κ1) is 5.53. The summed E-state index contributed by atoms with van der Waals surface area (Å²) in [6.45, 7) is 2.95. The van der Waals surface area contributed by atoms with Gasteiger partial charge in [0.05, 0.1) is 0 Å². The summed E-state index contributed by atoms with van der Waals surface area (Å²) in [5.41, 5.74) is 2.40. The molecule has 0 aromatic heterocycles. The maximum absolute atomic E-state index is 10.2. The van der Waals surface area contributed by atoms with Crippen LogP contribution in [0.3, 0.4) is 0 Å². The van der Waals surface area contributed by atoms with Gasteiger partial charge in [-0.25, -0.2) is 4.84 Å². The smallest absolute Gasteiger partial charge is 0.308 e. The molecule has 4 heteroatoms. The fourth-order valence-corrected chi connectivity index (χ4v) is 0.388. The van der Waals surface area contributed by atoms with Crippen LogP contribution in [0.2, 0.25) is 0 Å². The number of nitrogens with one attached hydrogen (secondary N) is 1. The van der Waals surface area contributed by atoms with Crippen molar-refractivity contribution in [2.45, 2.75) is 19.8 Å². The first-order chi connectivity index (χ1) is 3.62. The van der Waals surface area contributed by atoms with Crippen LogP contribution in [0.1, 0.15) is 13.8 Å². The zero-order valence-corrected chi connectivity index (χ0v) is 4.72. The summed E-state index contributed by atoms with van der Waals surface area (Å²) in [6.07, 6.45) is 0. The second kappa shape index (κ2) is 1.43. The Morgan fingerprint density at radius 2 is 2.38 bits per heavy atom. The van der Waals surface area contributed by atoms with Gasteiger partial charge in [0, 0.05) is 13.8 Å². The Bertz CT molecular complexity index is 118. The molecule has 0 amide bonds. The molecule has 1 aliphatic rings. The van der Waals surface area contributed by atoms with Crippen LogP contribution in [0.15, 0.2) is 0 Å². The van der Waals surface area contributed by atoms with E-state index in [1.165, 1.54) is 6.92 Å². The van der Waals surface area contributed by atoms with Crippen molar-refractivity contribution in [2.24, 2.45) is 0 Å². The van der Waals surface area contributed by atoms with Crippen molar-refractivity contribution >= 4 is 5.97 Å². The first-order valence-corrected chi connectivity index (χ1v) is 2.27. The van der Waals surface area contributed by atoms with E-state index in [1.54, 1.807) is 6.92 Å². The molecule has 1 fully saturated rings. The predicted molar refractivity (Wildman–Crippen MR) is 24.4 cm³/mol. The largest absolute Gasteiger partial charge is 0.416 e. The van der Waals surface area contributed by atoms with Crippen LogP contribution < -0.4 is 5.48 Å². The van der Waals surface area contributed by atoms with Gasteiger partial charge >= 0.3 is 11.9 Å². The fourth-order valence-electron chi connectivity index (χ4n) is 0.388. The number of hydrogen-bond donors (Lipinski definition) is 1. The molecule has 1 rings (SSSR count). The molecule has 0 aromatic rings. The Kier molecular flexibility index (Phi) is 0.988. The highest BCUT2D eigenvalue weighted by molar-refractivity contribution is 5.66. The molecule has 0 spiro atoms. The molecule has 0 radical (unpaired) electrons. The second-order valence-electron chi connectivity index (χ2n) is 1.74. The van der Waals surface area contributed by atoms with E-state index in [1.807, 2.05) is 0 Å². The maximum atomic E-state index is 10.2. The van der Waals surface area contributed by atoms with E-state index in [4.69, 9.17) is 0 Å². The van der Waals surface area contributed by atoms with E-state index >= 15 is 0 Å². The Labute approximate surface area is 46.7 Å². The lowest BCUT2D eigenvalue weighted by molar-refractivity contribution is -0.154. The summed E-state index contributed by atoms with van der Waals surface area (Å²) < 4.78 is 4.58. The molecular weight excluding hydrogens is 110 g/mol. The minimum Gasteiger partial charge on any atom is -0.416 e. The van der Waals surface area contributed by atoms with Crippen LogP contribution in [-0.4, -0.2) is 11.9 Å². The highest BCUT2D eigenvalue weighted by Crippen LogP contribution is 2.18. The molecule has 0 saturated carbocycles. The molecule has 0 bridgehead atoms. The molecule has 1 atom stereocenters. The van der Waals surface area contributed by atoms with E-state index in [2.05, 4.69) is 15.1 Å². The lowest BCUT2D eigenvalue weighted by Crippen LogP contribution is -2.17. The topological polar surface area (TPSA) is 60.8 Å². The van der Waals surface area contributed by atoms with Crippen LogP contribution in [0, 0.1) is 0 Å². The van der Waals surface area contributed by atoms with Crippen LogP contribution >= 0.6 is 0 Å². The molecule has 1 saturated heterocycles. The Balaban J connectivity index is 2.29. The van der Waals surface area contributed by atoms with Crippen LogP contribution in [-0.2, 0) is 14.4 Å². The van der Waals surface area contributed by atoms with Gasteiger partial charge in [-0.05, 0) is 0 Å². The maximum Gasteiger partial charge on any atom is 0.308 e. The zero-order valence-electron chi connectivity index (χ0n) is 4.72. The van der Waals surface area contributed by atoms with Gasteiger partial charge < -0.3 is 4.74 Å². The average Bonchev–Trinajstić information content (AvgIpc) is 2.17. The fraction of sp³-hybridized carbons (Fsp3) is 0.750. The van der Waals surface area contributed by atoms with E-state index in [0.717, 1.165) is 0 Å². The molecule has 4 nitrogen and oxygen atoms in total. The Morgan fingerprint density at radius 1 is 1.88 bits per heavy atom. The summed E-state index contributed by atoms with van der Waals surface area (Å²) in [7, 11) is 0. The van der Waals surface area contributed by atoms with Gasteiger partial charge in [0.1, 0.15) is 0 Å². The molecule has 0 aliphatic carbocycles. The number of esters is 1. The van der Waals surface area contributed by atoms with Gasteiger partial charge in [-0.3, -0.25) is 4.79 Å². The van der Waals surface area contributed by atoms with E-state index in [-0.39, 0.29) is 5.97 Å². The van der Waals surface area contributed by atoms with E-state index in [0.29, 0.717) is 0 Å². The average molecular weight is 117 g/mol. The van der Waals surface area contributed by atoms with Crippen molar-refractivity contribution in [3.05, 3.63) is 0 Å². The third-order valence-electron chi connectivity index (χ3n) is 0.728. The van der Waals surface area contributed by atoms with Crippen molar-refractivity contribution in [1.82, 2.24) is 5.48 Å². The number of ether oxygens (including phenoxy) is 1. The standard InChI is InChI=1S/C4H7NO3/c1-3(6)7-4(2)5-8-4/h5H,1-2H3. The Hall–Kier alpha value is -0.610. The highest BCUT2D eigenvalue weighted by Gasteiger charge is 2.43. The van der Waals surface area contributed by atoms with Gasteiger partial charge in [-0.2, -0.15) is 0 Å². The summed E-state index contributed by atoms with van der Waals surface area (Å²) in [6, 6.07) is 0. The van der Waals surface area contributed by atoms with Gasteiger partial charge in [0.15, 0.2) is 0 Å². The second-order valence-corrected chi connectivity index (χ2v) is 1.74. The molecule has 1 heterocycles. The number of hydroxylamine groups is 1. The van der Waals surface area contributed by atoms with Crippen molar-refractivity contribution in [3.8, 4) is 0 Å². The molecule has 1 aliphatic heterocycles. The normalized spacial score (nSPS) is 34.2. The summed E-state index contributed by atoms with van der Waals surface area (Å²) >= 11 is 0. The molecule has 0 aromatic carbocycles. The SMILES string of the molecule is CC(=O)OC1(C)NO1. The third kappa shape index (κ3) is 1.18. The third-order valence-corrected chi connectivity index (χ3v) is 0.728. The molecular formula is C4H7NO3. The van der Waals surface area contributed by atoms with Crippen molar-refractivity contribution in [2.75, 3.05) is 0 Å². The number of carbonyl (C=O) groups is 1. The molecule has 46 valence electrons. The lowest BCUT2D eigenvalue weighted by Gasteiger charge is -1.99. The number of hydrogen-bond acceptors (Lipinski definition) is 4. The first-order valence-electron chi connectivity index (χ1n) is 2.27.